The Labute approximate surface area is 104 Å². The van der Waals surface area contributed by atoms with E-state index in [9.17, 15) is 0 Å². The standard InChI is InChI=1S/C16H30/c1-3-5-7-9-11-13-15-16-14-12-10-8-6-4-2/h5,7H,1-4,6,8-16H2. The van der Waals surface area contributed by atoms with E-state index in [2.05, 4.69) is 26.0 Å². The molecule has 0 aliphatic carbocycles. The number of allylic oxidation sites excluding steroid dienone is 2. The van der Waals surface area contributed by atoms with Crippen LogP contribution in [0.1, 0.15) is 77.0 Å². The summed E-state index contributed by atoms with van der Waals surface area (Å²) in [4.78, 5) is 0. The SMILES string of the molecule is [CH2]CC=CCCCCCCCCCCC[CH2]. The van der Waals surface area contributed by atoms with E-state index in [1.54, 1.807) is 0 Å². The summed E-state index contributed by atoms with van der Waals surface area (Å²) in [5.74, 6) is 0. The summed E-state index contributed by atoms with van der Waals surface area (Å²) >= 11 is 0. The minimum atomic E-state index is 0.938. The van der Waals surface area contributed by atoms with Crippen molar-refractivity contribution in [2.24, 2.45) is 0 Å². The Hall–Kier alpha value is -0.260. The van der Waals surface area contributed by atoms with Gasteiger partial charge in [-0.05, 0) is 26.2 Å². The maximum absolute atomic E-state index is 3.87. The van der Waals surface area contributed by atoms with Gasteiger partial charge in [-0.2, -0.15) is 0 Å². The van der Waals surface area contributed by atoms with Gasteiger partial charge in [-0.25, -0.2) is 0 Å². The molecule has 0 aromatic heterocycles. The topological polar surface area (TPSA) is 0 Å². The van der Waals surface area contributed by atoms with Gasteiger partial charge in [-0.1, -0.05) is 76.9 Å². The average molecular weight is 222 g/mol. The lowest BCUT2D eigenvalue weighted by Gasteiger charge is -2.01. The highest BCUT2D eigenvalue weighted by Gasteiger charge is 1.91. The van der Waals surface area contributed by atoms with Crippen LogP contribution in [0.15, 0.2) is 12.2 Å². The van der Waals surface area contributed by atoms with Crippen LogP contribution in [0.2, 0.25) is 0 Å². The van der Waals surface area contributed by atoms with E-state index in [4.69, 9.17) is 0 Å². The van der Waals surface area contributed by atoms with Crippen LogP contribution in [-0.4, -0.2) is 0 Å². The molecule has 0 aromatic carbocycles. The van der Waals surface area contributed by atoms with Crippen LogP contribution in [0, 0.1) is 13.8 Å². The summed E-state index contributed by atoms with van der Waals surface area (Å²) in [7, 11) is 0. The molecule has 0 heteroatoms. The fraction of sp³-hybridized carbons (Fsp3) is 0.750. The molecule has 0 nitrogen and oxygen atoms in total. The Kier molecular flexibility index (Phi) is 14.5. The van der Waals surface area contributed by atoms with Gasteiger partial charge in [0.1, 0.15) is 0 Å². The summed E-state index contributed by atoms with van der Waals surface area (Å²) in [5.41, 5.74) is 0. The summed E-state index contributed by atoms with van der Waals surface area (Å²) in [6.45, 7) is 7.65. The Morgan fingerprint density at radius 3 is 1.56 bits per heavy atom. The van der Waals surface area contributed by atoms with Crippen LogP contribution >= 0.6 is 0 Å². The molecule has 0 spiro atoms. The molecular weight excluding hydrogens is 192 g/mol. The van der Waals surface area contributed by atoms with E-state index in [1.165, 1.54) is 64.2 Å². The number of hydrogen-bond donors (Lipinski definition) is 0. The first-order valence-corrected chi connectivity index (χ1v) is 7.15. The Morgan fingerprint density at radius 2 is 1.06 bits per heavy atom. The van der Waals surface area contributed by atoms with Crippen molar-refractivity contribution >= 4 is 0 Å². The van der Waals surface area contributed by atoms with Gasteiger partial charge >= 0.3 is 0 Å². The zero-order chi connectivity index (χ0) is 11.9. The minimum absolute atomic E-state index is 0.938. The molecule has 2 radical (unpaired) electrons. The van der Waals surface area contributed by atoms with Crippen molar-refractivity contribution in [2.45, 2.75) is 77.0 Å². The third kappa shape index (κ3) is 13.7. The second-order valence-electron chi connectivity index (χ2n) is 4.58. The average Bonchev–Trinajstić information content (AvgIpc) is 2.31. The molecule has 0 unspecified atom stereocenters. The third-order valence-corrected chi connectivity index (χ3v) is 2.95. The highest BCUT2D eigenvalue weighted by Crippen LogP contribution is 2.11. The molecular formula is C16H30. The fourth-order valence-corrected chi connectivity index (χ4v) is 1.91. The first kappa shape index (κ1) is 15.7. The molecule has 0 rings (SSSR count). The second-order valence-corrected chi connectivity index (χ2v) is 4.58. The molecule has 0 saturated carbocycles. The molecule has 0 saturated heterocycles. The van der Waals surface area contributed by atoms with Crippen molar-refractivity contribution in [3.8, 4) is 0 Å². The quantitative estimate of drug-likeness (QED) is 0.285. The molecule has 94 valence electrons. The lowest BCUT2D eigenvalue weighted by molar-refractivity contribution is 0.561. The largest absolute Gasteiger partial charge is 0.0885 e. The lowest BCUT2D eigenvalue weighted by atomic mass is 10.1. The van der Waals surface area contributed by atoms with Crippen molar-refractivity contribution in [3.63, 3.8) is 0 Å². The summed E-state index contributed by atoms with van der Waals surface area (Å²) in [6, 6.07) is 0. The van der Waals surface area contributed by atoms with Crippen molar-refractivity contribution in [1.29, 1.82) is 0 Å². The molecule has 0 aliphatic heterocycles. The first-order valence-electron chi connectivity index (χ1n) is 7.15. The van der Waals surface area contributed by atoms with Crippen LogP contribution in [0.25, 0.3) is 0 Å². The lowest BCUT2D eigenvalue weighted by Crippen LogP contribution is -1.81. The highest BCUT2D eigenvalue weighted by molar-refractivity contribution is 4.81. The number of hydrogen-bond acceptors (Lipinski definition) is 0. The summed E-state index contributed by atoms with van der Waals surface area (Å²) in [6.07, 6.45) is 20.4. The number of rotatable bonds is 12. The van der Waals surface area contributed by atoms with E-state index in [1.807, 2.05) is 0 Å². The third-order valence-electron chi connectivity index (χ3n) is 2.95. The van der Waals surface area contributed by atoms with Crippen molar-refractivity contribution in [1.82, 2.24) is 0 Å². The Morgan fingerprint density at radius 1 is 0.562 bits per heavy atom. The van der Waals surface area contributed by atoms with Crippen LogP contribution < -0.4 is 0 Å². The predicted octanol–water partition coefficient (Wildman–Crippen LogP) is 5.89. The smallest absolute Gasteiger partial charge is 0.0351 e. The van der Waals surface area contributed by atoms with Gasteiger partial charge in [0.05, 0.1) is 0 Å². The van der Waals surface area contributed by atoms with E-state index in [0.717, 1.165) is 12.8 Å². The van der Waals surface area contributed by atoms with Gasteiger partial charge in [-0.15, -0.1) is 0 Å². The molecule has 0 aromatic rings. The van der Waals surface area contributed by atoms with Crippen molar-refractivity contribution < 1.29 is 0 Å². The summed E-state index contributed by atoms with van der Waals surface area (Å²) < 4.78 is 0. The monoisotopic (exact) mass is 222 g/mol. The Balaban J connectivity index is 2.90. The number of unbranched alkanes of at least 4 members (excludes halogenated alkanes) is 10. The fourth-order valence-electron chi connectivity index (χ4n) is 1.91. The summed E-state index contributed by atoms with van der Waals surface area (Å²) in [5, 5.41) is 0. The molecule has 0 bridgehead atoms. The minimum Gasteiger partial charge on any atom is -0.0885 e. The molecule has 0 N–H and O–H groups in total. The molecule has 16 heavy (non-hydrogen) atoms. The van der Waals surface area contributed by atoms with Gasteiger partial charge in [0.25, 0.3) is 0 Å². The van der Waals surface area contributed by atoms with Crippen molar-refractivity contribution in [2.75, 3.05) is 0 Å². The zero-order valence-corrected chi connectivity index (χ0v) is 11.1. The van der Waals surface area contributed by atoms with Gasteiger partial charge in [-0.3, -0.25) is 0 Å². The van der Waals surface area contributed by atoms with E-state index >= 15 is 0 Å². The van der Waals surface area contributed by atoms with Gasteiger partial charge < -0.3 is 0 Å². The second kappa shape index (κ2) is 14.7. The van der Waals surface area contributed by atoms with E-state index < -0.39 is 0 Å². The van der Waals surface area contributed by atoms with Gasteiger partial charge in [0.2, 0.25) is 0 Å². The zero-order valence-electron chi connectivity index (χ0n) is 11.1. The molecule has 0 aliphatic rings. The van der Waals surface area contributed by atoms with E-state index in [-0.39, 0.29) is 0 Å². The van der Waals surface area contributed by atoms with Crippen LogP contribution in [-0.2, 0) is 0 Å². The molecule has 0 atom stereocenters. The van der Waals surface area contributed by atoms with Crippen molar-refractivity contribution in [3.05, 3.63) is 26.0 Å². The normalized spacial score (nSPS) is 11.4. The first-order chi connectivity index (χ1) is 7.91. The van der Waals surface area contributed by atoms with E-state index in [0.29, 0.717) is 0 Å². The maximum Gasteiger partial charge on any atom is -0.0351 e. The van der Waals surface area contributed by atoms with Gasteiger partial charge in [0, 0.05) is 0 Å². The molecule has 0 fully saturated rings. The maximum atomic E-state index is 3.87. The highest BCUT2D eigenvalue weighted by atomic mass is 14.0. The van der Waals surface area contributed by atoms with Crippen LogP contribution in [0.4, 0.5) is 0 Å². The van der Waals surface area contributed by atoms with Crippen LogP contribution in [0.3, 0.4) is 0 Å². The Bertz CT molecular complexity index is 135. The predicted molar refractivity (Wildman–Crippen MR) is 75.3 cm³/mol. The van der Waals surface area contributed by atoms with Gasteiger partial charge in [0.15, 0.2) is 0 Å². The van der Waals surface area contributed by atoms with Crippen LogP contribution in [0.5, 0.6) is 0 Å². The molecule has 0 amide bonds. The molecule has 0 heterocycles.